The molecule has 3 aromatic rings. The molecule has 1 aromatic carbocycles. The molecular weight excluding hydrogens is 569 g/mol. The van der Waals surface area contributed by atoms with E-state index in [1.54, 1.807) is 17.4 Å². The van der Waals surface area contributed by atoms with Crippen LogP contribution in [0.1, 0.15) is 124 Å². The molecule has 236 valence electrons. The van der Waals surface area contributed by atoms with E-state index in [0.29, 0.717) is 13.0 Å². The highest BCUT2D eigenvalue weighted by atomic mass is 32.1. The molecule has 0 amide bonds. The Labute approximate surface area is 268 Å². The summed E-state index contributed by atoms with van der Waals surface area (Å²) >= 11 is 3.69. The lowest BCUT2D eigenvalue weighted by molar-refractivity contribution is -0.137. The van der Waals surface area contributed by atoms with Crippen molar-refractivity contribution in [3.63, 3.8) is 0 Å². The molecule has 0 fully saturated rings. The summed E-state index contributed by atoms with van der Waals surface area (Å²) in [5, 5.41) is 0. The highest BCUT2D eigenvalue weighted by Crippen LogP contribution is 2.51. The van der Waals surface area contributed by atoms with Crippen molar-refractivity contribution >= 4 is 34.7 Å². The summed E-state index contributed by atoms with van der Waals surface area (Å²) in [6.45, 7) is 20.4. The predicted molar refractivity (Wildman–Crippen MR) is 187 cm³/mol. The largest absolute Gasteiger partial charge is 0.462 e. The van der Waals surface area contributed by atoms with Gasteiger partial charge in [0, 0.05) is 53.9 Å². The van der Waals surface area contributed by atoms with Crippen molar-refractivity contribution in [1.82, 2.24) is 0 Å². The SMILES string of the molecule is CCCCCCc1cc(C(C)(C)N)sc1C(C)(C)C(C)(C)c1cc(CCOC(=O)C=Cc2ccccc2)c(C(C)(C)N)s1. The van der Waals surface area contributed by atoms with E-state index in [1.165, 1.54) is 52.0 Å². The second-order valence-electron chi connectivity index (χ2n) is 14.1. The molecule has 0 atom stereocenters. The maximum Gasteiger partial charge on any atom is 0.330 e. The Morgan fingerprint density at radius 3 is 1.98 bits per heavy atom. The van der Waals surface area contributed by atoms with Crippen LogP contribution < -0.4 is 11.5 Å². The second-order valence-corrected chi connectivity index (χ2v) is 16.2. The summed E-state index contributed by atoms with van der Waals surface area (Å²) in [5.74, 6) is -0.336. The molecule has 0 bridgehead atoms. The van der Waals surface area contributed by atoms with Crippen LogP contribution in [0, 0.1) is 0 Å². The van der Waals surface area contributed by atoms with Crippen LogP contribution >= 0.6 is 22.7 Å². The lowest BCUT2D eigenvalue weighted by Crippen LogP contribution is -2.39. The number of rotatable bonds is 15. The molecular formula is C37H54N2O2S2. The monoisotopic (exact) mass is 622 g/mol. The van der Waals surface area contributed by atoms with Gasteiger partial charge in [0.15, 0.2) is 0 Å². The molecule has 0 saturated carbocycles. The Hall–Kier alpha value is -2.25. The van der Waals surface area contributed by atoms with Gasteiger partial charge in [-0.2, -0.15) is 0 Å². The van der Waals surface area contributed by atoms with Gasteiger partial charge in [0.05, 0.1) is 6.61 Å². The Kier molecular flexibility index (Phi) is 11.7. The fraction of sp³-hybridized carbons (Fsp3) is 0.541. The molecule has 0 radical (unpaired) electrons. The fourth-order valence-corrected chi connectivity index (χ4v) is 8.27. The van der Waals surface area contributed by atoms with Crippen LogP contribution in [-0.4, -0.2) is 12.6 Å². The number of thiophene rings is 2. The fourth-order valence-electron chi connectivity index (χ4n) is 5.30. The van der Waals surface area contributed by atoms with Gasteiger partial charge in [0.25, 0.3) is 0 Å². The summed E-state index contributed by atoms with van der Waals surface area (Å²) in [4.78, 5) is 17.6. The van der Waals surface area contributed by atoms with Crippen LogP contribution in [-0.2, 0) is 44.3 Å². The average molecular weight is 623 g/mol. The summed E-state index contributed by atoms with van der Waals surface area (Å²) in [5.41, 5.74) is 15.7. The van der Waals surface area contributed by atoms with Gasteiger partial charge >= 0.3 is 5.97 Å². The number of hydrogen-bond donors (Lipinski definition) is 2. The van der Waals surface area contributed by atoms with Gasteiger partial charge in [-0.3, -0.25) is 0 Å². The molecule has 2 heterocycles. The Morgan fingerprint density at radius 1 is 0.767 bits per heavy atom. The van der Waals surface area contributed by atoms with E-state index in [1.807, 2.05) is 41.7 Å². The van der Waals surface area contributed by atoms with E-state index in [9.17, 15) is 4.79 Å². The van der Waals surface area contributed by atoms with E-state index in [-0.39, 0.29) is 22.3 Å². The number of carbonyl (C=O) groups excluding carboxylic acids is 1. The van der Waals surface area contributed by atoms with Gasteiger partial charge < -0.3 is 16.2 Å². The number of ether oxygens (including phenoxy) is 1. The first-order chi connectivity index (χ1) is 20.0. The first-order valence-corrected chi connectivity index (χ1v) is 17.4. The lowest BCUT2D eigenvalue weighted by Gasteiger charge is -2.41. The minimum atomic E-state index is -0.500. The molecule has 0 aliphatic rings. The van der Waals surface area contributed by atoms with Crippen LogP contribution in [0.5, 0.6) is 0 Å². The summed E-state index contributed by atoms with van der Waals surface area (Å²) in [6.07, 6.45) is 9.95. The quantitative estimate of drug-likeness (QED) is 0.101. The van der Waals surface area contributed by atoms with Crippen molar-refractivity contribution < 1.29 is 9.53 Å². The second kappa shape index (κ2) is 14.2. The van der Waals surface area contributed by atoms with Crippen LogP contribution in [0.15, 0.2) is 48.5 Å². The zero-order valence-corrected chi connectivity index (χ0v) is 29.6. The van der Waals surface area contributed by atoms with Crippen molar-refractivity contribution in [2.75, 3.05) is 6.61 Å². The molecule has 3 rings (SSSR count). The number of unbranched alkanes of at least 4 members (excludes halogenated alkanes) is 3. The van der Waals surface area contributed by atoms with Crippen molar-refractivity contribution in [1.29, 1.82) is 0 Å². The van der Waals surface area contributed by atoms with E-state index >= 15 is 0 Å². The van der Waals surface area contributed by atoms with Crippen LogP contribution in [0.2, 0.25) is 0 Å². The molecule has 0 aliphatic carbocycles. The molecule has 0 aliphatic heterocycles. The van der Waals surface area contributed by atoms with E-state index < -0.39 is 5.54 Å². The summed E-state index contributed by atoms with van der Waals surface area (Å²) in [7, 11) is 0. The number of aryl methyl sites for hydroxylation is 1. The van der Waals surface area contributed by atoms with E-state index in [2.05, 4.69) is 74.4 Å². The van der Waals surface area contributed by atoms with Gasteiger partial charge in [-0.1, -0.05) is 84.2 Å². The maximum absolute atomic E-state index is 12.4. The van der Waals surface area contributed by atoms with Crippen molar-refractivity contribution in [3.05, 3.63) is 84.7 Å². The van der Waals surface area contributed by atoms with Crippen LogP contribution in [0.25, 0.3) is 6.08 Å². The molecule has 2 aromatic heterocycles. The first kappa shape index (κ1) is 35.2. The van der Waals surface area contributed by atoms with Crippen LogP contribution in [0.4, 0.5) is 0 Å². The zero-order chi connectivity index (χ0) is 32.1. The molecule has 0 saturated heterocycles. The highest BCUT2D eigenvalue weighted by molar-refractivity contribution is 7.13. The summed E-state index contributed by atoms with van der Waals surface area (Å²) < 4.78 is 5.60. The number of carbonyl (C=O) groups is 1. The van der Waals surface area contributed by atoms with Gasteiger partial charge in [-0.25, -0.2) is 4.79 Å². The smallest absolute Gasteiger partial charge is 0.330 e. The molecule has 6 heteroatoms. The number of esters is 1. The van der Waals surface area contributed by atoms with E-state index in [0.717, 1.165) is 22.4 Å². The molecule has 4 N–H and O–H groups in total. The average Bonchev–Trinajstić information content (AvgIpc) is 3.56. The first-order valence-electron chi connectivity index (χ1n) is 15.7. The molecule has 0 spiro atoms. The van der Waals surface area contributed by atoms with E-state index in [4.69, 9.17) is 16.2 Å². The zero-order valence-electron chi connectivity index (χ0n) is 27.9. The normalized spacial score (nSPS) is 13.2. The molecule has 4 nitrogen and oxygen atoms in total. The van der Waals surface area contributed by atoms with Gasteiger partial charge in [0.2, 0.25) is 0 Å². The van der Waals surface area contributed by atoms with Gasteiger partial charge in [0.1, 0.15) is 0 Å². The highest BCUT2D eigenvalue weighted by Gasteiger charge is 2.44. The third-order valence-electron chi connectivity index (χ3n) is 8.71. The van der Waals surface area contributed by atoms with Crippen molar-refractivity contribution in [2.24, 2.45) is 11.5 Å². The third kappa shape index (κ3) is 8.91. The third-order valence-corrected chi connectivity index (χ3v) is 12.4. The Morgan fingerprint density at radius 2 is 1.37 bits per heavy atom. The van der Waals surface area contributed by atoms with Gasteiger partial charge in [-0.15, -0.1) is 22.7 Å². The topological polar surface area (TPSA) is 78.3 Å². The predicted octanol–water partition coefficient (Wildman–Crippen LogP) is 9.37. The van der Waals surface area contributed by atoms with Crippen LogP contribution in [0.3, 0.4) is 0 Å². The lowest BCUT2D eigenvalue weighted by atomic mass is 9.65. The Bertz CT molecular complexity index is 1370. The van der Waals surface area contributed by atoms with Crippen molar-refractivity contribution in [3.8, 4) is 0 Å². The minimum absolute atomic E-state index is 0.145. The van der Waals surface area contributed by atoms with Gasteiger partial charge in [-0.05, 0) is 75.4 Å². The Balaban J connectivity index is 1.87. The maximum atomic E-state index is 12.4. The number of benzene rings is 1. The molecule has 43 heavy (non-hydrogen) atoms. The number of hydrogen-bond acceptors (Lipinski definition) is 6. The minimum Gasteiger partial charge on any atom is -0.462 e. The number of nitrogens with two attached hydrogens (primary N) is 2. The standard InChI is InChI=1S/C37H54N2O2S2/c1-10-11-12-16-19-27-25-30(36(6,7)38)43-32(27)35(4,5)34(2,3)29-24-28(33(42-29)37(8,9)39)22-23-41-31(40)21-20-26-17-14-13-15-18-26/h13-15,17-18,20-21,24-25H,10-12,16,19,22-23,38-39H2,1-9H3. The molecule has 0 unspecified atom stereocenters. The summed E-state index contributed by atoms with van der Waals surface area (Å²) in [6, 6.07) is 14.4. The van der Waals surface area contributed by atoms with Crippen molar-refractivity contribution in [2.45, 2.75) is 123 Å².